The average molecular weight is 289 g/mol. The van der Waals surface area contributed by atoms with Gasteiger partial charge in [0.25, 0.3) is 0 Å². The molecular weight excluding hydrogens is 276 g/mol. The molecule has 0 heterocycles. The molecule has 0 bridgehead atoms. The number of carboxylic acids is 1. The molecule has 0 aliphatic rings. The summed E-state index contributed by atoms with van der Waals surface area (Å²) >= 11 is 7.37. The first kappa shape index (κ1) is 14.7. The van der Waals surface area contributed by atoms with Crippen molar-refractivity contribution in [3.63, 3.8) is 0 Å². The molecule has 2 amide bonds. The van der Waals surface area contributed by atoms with E-state index in [1.807, 2.05) is 6.26 Å². The van der Waals surface area contributed by atoms with Crippen molar-refractivity contribution in [3.8, 4) is 0 Å². The molecule has 5 nitrogen and oxygen atoms in total. The molecule has 1 aromatic rings. The number of anilines is 1. The van der Waals surface area contributed by atoms with Crippen molar-refractivity contribution in [2.75, 3.05) is 23.9 Å². The normalized spacial score (nSPS) is 9.89. The number of carboxylic acid groups (broad SMARTS) is 1. The molecule has 0 unspecified atom stereocenters. The Bertz CT molecular complexity index is 454. The van der Waals surface area contributed by atoms with Gasteiger partial charge in [-0.2, -0.15) is 11.8 Å². The third-order valence-corrected chi connectivity index (χ3v) is 2.90. The Labute approximate surface area is 114 Å². The lowest BCUT2D eigenvalue weighted by atomic mass is 10.2. The number of hydrogen-bond donors (Lipinski definition) is 3. The summed E-state index contributed by atoms with van der Waals surface area (Å²) in [6.07, 6.45) is 1.93. The van der Waals surface area contributed by atoms with Gasteiger partial charge in [-0.05, 0) is 24.5 Å². The van der Waals surface area contributed by atoms with Gasteiger partial charge in [0, 0.05) is 17.3 Å². The van der Waals surface area contributed by atoms with E-state index < -0.39 is 12.0 Å². The molecule has 1 rings (SSSR count). The summed E-state index contributed by atoms with van der Waals surface area (Å²) in [5.41, 5.74) is 0.177. The second kappa shape index (κ2) is 7.13. The van der Waals surface area contributed by atoms with Crippen LogP contribution in [0.25, 0.3) is 0 Å². The smallest absolute Gasteiger partial charge is 0.337 e. The Morgan fingerprint density at radius 3 is 2.78 bits per heavy atom. The van der Waals surface area contributed by atoms with Gasteiger partial charge in [-0.3, -0.25) is 0 Å². The summed E-state index contributed by atoms with van der Waals surface area (Å²) in [6.45, 7) is 0.510. The summed E-state index contributed by atoms with van der Waals surface area (Å²) in [5.74, 6) is -0.333. The van der Waals surface area contributed by atoms with Gasteiger partial charge in [-0.15, -0.1) is 0 Å². The summed E-state index contributed by atoms with van der Waals surface area (Å²) in [6, 6.07) is 3.76. The largest absolute Gasteiger partial charge is 0.478 e. The van der Waals surface area contributed by atoms with Crippen molar-refractivity contribution in [3.05, 3.63) is 28.8 Å². The van der Waals surface area contributed by atoms with E-state index in [0.29, 0.717) is 11.6 Å². The number of halogens is 1. The van der Waals surface area contributed by atoms with E-state index in [9.17, 15) is 9.59 Å². The van der Waals surface area contributed by atoms with Crippen molar-refractivity contribution >= 4 is 41.1 Å². The van der Waals surface area contributed by atoms with Crippen LogP contribution in [-0.4, -0.2) is 35.7 Å². The molecule has 0 fully saturated rings. The van der Waals surface area contributed by atoms with Crippen molar-refractivity contribution in [1.29, 1.82) is 0 Å². The molecule has 0 aliphatic heterocycles. The Balaban J connectivity index is 2.73. The standard InChI is InChI=1S/C11H13ClN2O3S/c1-18-5-4-13-11(17)14-9-6-7(12)2-3-8(9)10(15)16/h2-3,6H,4-5H2,1H3,(H,15,16)(H2,13,14,17). The van der Waals surface area contributed by atoms with E-state index in [0.717, 1.165) is 5.75 Å². The highest BCUT2D eigenvalue weighted by molar-refractivity contribution is 7.98. The first-order valence-corrected chi connectivity index (χ1v) is 6.88. The van der Waals surface area contributed by atoms with Crippen LogP contribution in [0.5, 0.6) is 0 Å². The molecule has 7 heteroatoms. The molecule has 98 valence electrons. The Kier molecular flexibility index (Phi) is 5.80. The van der Waals surface area contributed by atoms with Crippen LogP contribution in [-0.2, 0) is 0 Å². The number of urea groups is 1. The maximum Gasteiger partial charge on any atom is 0.337 e. The SMILES string of the molecule is CSCCNC(=O)Nc1cc(Cl)ccc1C(=O)O. The minimum Gasteiger partial charge on any atom is -0.478 e. The van der Waals surface area contributed by atoms with Gasteiger partial charge in [0.2, 0.25) is 0 Å². The van der Waals surface area contributed by atoms with E-state index in [1.54, 1.807) is 11.8 Å². The molecule has 18 heavy (non-hydrogen) atoms. The van der Waals surface area contributed by atoms with Crippen LogP contribution in [0.3, 0.4) is 0 Å². The van der Waals surface area contributed by atoms with Crippen LogP contribution in [0.2, 0.25) is 5.02 Å². The van der Waals surface area contributed by atoms with Crippen molar-refractivity contribution in [2.45, 2.75) is 0 Å². The molecule has 0 saturated carbocycles. The molecule has 0 spiro atoms. The van der Waals surface area contributed by atoms with Gasteiger partial charge in [0.05, 0.1) is 11.3 Å². The number of nitrogens with one attached hydrogen (secondary N) is 2. The minimum absolute atomic E-state index is 0.000540. The molecule has 0 radical (unpaired) electrons. The van der Waals surface area contributed by atoms with Crippen LogP contribution < -0.4 is 10.6 Å². The molecular formula is C11H13ClN2O3S. The highest BCUT2D eigenvalue weighted by atomic mass is 35.5. The number of aromatic carboxylic acids is 1. The summed E-state index contributed by atoms with van der Waals surface area (Å²) in [4.78, 5) is 22.5. The molecule has 0 saturated heterocycles. The molecule has 0 atom stereocenters. The van der Waals surface area contributed by atoms with Gasteiger partial charge >= 0.3 is 12.0 Å². The highest BCUT2D eigenvalue weighted by Crippen LogP contribution is 2.21. The molecule has 0 aliphatic carbocycles. The second-order valence-electron chi connectivity index (χ2n) is 3.37. The fourth-order valence-corrected chi connectivity index (χ4v) is 1.72. The van der Waals surface area contributed by atoms with Crippen LogP contribution in [0.15, 0.2) is 18.2 Å². The fourth-order valence-electron chi connectivity index (χ4n) is 1.24. The summed E-state index contributed by atoms with van der Waals surface area (Å²) in [7, 11) is 0. The van der Waals surface area contributed by atoms with Crippen LogP contribution >= 0.6 is 23.4 Å². The number of amides is 2. The molecule has 0 aromatic heterocycles. The minimum atomic E-state index is -1.12. The third-order valence-electron chi connectivity index (χ3n) is 2.05. The van der Waals surface area contributed by atoms with Gasteiger partial charge < -0.3 is 15.7 Å². The quantitative estimate of drug-likeness (QED) is 0.728. The lowest BCUT2D eigenvalue weighted by Gasteiger charge is -2.09. The summed E-state index contributed by atoms with van der Waals surface area (Å²) in [5, 5.41) is 14.4. The van der Waals surface area contributed by atoms with Crippen LogP contribution in [0.4, 0.5) is 10.5 Å². The first-order valence-electron chi connectivity index (χ1n) is 5.11. The second-order valence-corrected chi connectivity index (χ2v) is 4.79. The monoisotopic (exact) mass is 288 g/mol. The van der Waals surface area contributed by atoms with Gasteiger partial charge in [-0.25, -0.2) is 9.59 Å². The lowest BCUT2D eigenvalue weighted by Crippen LogP contribution is -2.31. The van der Waals surface area contributed by atoms with E-state index >= 15 is 0 Å². The summed E-state index contributed by atoms with van der Waals surface area (Å²) < 4.78 is 0. The van der Waals surface area contributed by atoms with Crippen molar-refractivity contribution < 1.29 is 14.7 Å². The number of benzene rings is 1. The van der Waals surface area contributed by atoms with Crippen molar-refractivity contribution in [2.24, 2.45) is 0 Å². The highest BCUT2D eigenvalue weighted by Gasteiger charge is 2.12. The van der Waals surface area contributed by atoms with Crippen LogP contribution in [0.1, 0.15) is 10.4 Å². The van der Waals surface area contributed by atoms with Crippen LogP contribution in [0, 0.1) is 0 Å². The zero-order valence-corrected chi connectivity index (χ0v) is 11.3. The van der Waals surface area contributed by atoms with Crippen molar-refractivity contribution in [1.82, 2.24) is 5.32 Å². The fraction of sp³-hybridized carbons (Fsp3) is 0.273. The zero-order chi connectivity index (χ0) is 13.5. The Morgan fingerprint density at radius 1 is 1.44 bits per heavy atom. The van der Waals surface area contributed by atoms with E-state index in [4.69, 9.17) is 16.7 Å². The average Bonchev–Trinajstić information content (AvgIpc) is 2.29. The number of carbonyl (C=O) groups is 2. The molecule has 3 N–H and O–H groups in total. The number of hydrogen-bond acceptors (Lipinski definition) is 3. The number of carbonyl (C=O) groups excluding carboxylic acids is 1. The maximum absolute atomic E-state index is 11.5. The number of thioether (sulfide) groups is 1. The Morgan fingerprint density at radius 2 is 2.17 bits per heavy atom. The predicted molar refractivity (Wildman–Crippen MR) is 73.8 cm³/mol. The molecule has 1 aromatic carbocycles. The predicted octanol–water partition coefficient (Wildman–Crippen LogP) is 2.52. The van der Waals surface area contributed by atoms with Gasteiger partial charge in [-0.1, -0.05) is 11.6 Å². The first-order chi connectivity index (χ1) is 8.54. The number of rotatable bonds is 5. The maximum atomic E-state index is 11.5. The zero-order valence-electron chi connectivity index (χ0n) is 9.70. The lowest BCUT2D eigenvalue weighted by molar-refractivity contribution is 0.0698. The third kappa shape index (κ3) is 4.46. The van der Waals surface area contributed by atoms with Gasteiger partial charge in [0.15, 0.2) is 0 Å². The Hall–Kier alpha value is -1.40. The van der Waals surface area contributed by atoms with E-state index in [1.165, 1.54) is 18.2 Å². The van der Waals surface area contributed by atoms with Gasteiger partial charge in [0.1, 0.15) is 0 Å². The van der Waals surface area contributed by atoms with E-state index in [2.05, 4.69) is 10.6 Å². The van der Waals surface area contributed by atoms with E-state index in [-0.39, 0.29) is 11.3 Å². The topological polar surface area (TPSA) is 78.4 Å².